The van der Waals surface area contributed by atoms with Gasteiger partial charge in [0.05, 0.1) is 0 Å². The fourth-order valence-corrected chi connectivity index (χ4v) is 1.43. The van der Waals surface area contributed by atoms with Gasteiger partial charge in [-0.2, -0.15) is 0 Å². The third-order valence-corrected chi connectivity index (χ3v) is 2.72. The number of allylic oxidation sites excluding steroid dienone is 1. The SMILES string of the molecule is CCC(C)/C=C\c1c(C)cccc1C=O. The lowest BCUT2D eigenvalue weighted by Gasteiger charge is -2.05. The number of hydrogen-bond donors (Lipinski definition) is 0. The first-order valence-electron chi connectivity index (χ1n) is 5.42. The molecule has 0 aromatic heterocycles. The Morgan fingerprint density at radius 2 is 2.13 bits per heavy atom. The maximum Gasteiger partial charge on any atom is 0.150 e. The molecular formula is C14H18O. The Hall–Kier alpha value is -1.37. The summed E-state index contributed by atoms with van der Waals surface area (Å²) in [6, 6.07) is 5.80. The van der Waals surface area contributed by atoms with E-state index in [1.54, 1.807) is 0 Å². The summed E-state index contributed by atoms with van der Waals surface area (Å²) in [5, 5.41) is 0. The molecule has 0 fully saturated rings. The second-order valence-electron chi connectivity index (χ2n) is 3.94. The lowest BCUT2D eigenvalue weighted by Crippen LogP contribution is -1.91. The van der Waals surface area contributed by atoms with Gasteiger partial charge in [0.2, 0.25) is 0 Å². The molecule has 0 N–H and O–H groups in total. The molecule has 1 unspecified atom stereocenters. The van der Waals surface area contributed by atoms with E-state index >= 15 is 0 Å². The van der Waals surface area contributed by atoms with Crippen LogP contribution in [0, 0.1) is 12.8 Å². The van der Waals surface area contributed by atoms with Crippen LogP contribution in [0.15, 0.2) is 24.3 Å². The topological polar surface area (TPSA) is 17.1 Å². The molecule has 0 saturated heterocycles. The molecule has 0 aliphatic rings. The molecule has 0 aliphatic heterocycles. The van der Waals surface area contributed by atoms with Gasteiger partial charge in [-0.1, -0.05) is 50.6 Å². The van der Waals surface area contributed by atoms with Gasteiger partial charge in [-0.25, -0.2) is 0 Å². The maximum absolute atomic E-state index is 10.9. The number of benzene rings is 1. The summed E-state index contributed by atoms with van der Waals surface area (Å²) in [4.78, 5) is 10.9. The van der Waals surface area contributed by atoms with Crippen LogP contribution >= 0.6 is 0 Å². The number of carbonyl (C=O) groups excluding carboxylic acids is 1. The largest absolute Gasteiger partial charge is 0.298 e. The lowest BCUT2D eigenvalue weighted by molar-refractivity contribution is 0.112. The van der Waals surface area contributed by atoms with E-state index in [-0.39, 0.29) is 0 Å². The van der Waals surface area contributed by atoms with Gasteiger partial charge in [0.15, 0.2) is 6.29 Å². The van der Waals surface area contributed by atoms with E-state index in [1.807, 2.05) is 25.1 Å². The molecule has 1 heteroatoms. The van der Waals surface area contributed by atoms with E-state index in [1.165, 1.54) is 0 Å². The van der Waals surface area contributed by atoms with Gasteiger partial charge in [0.1, 0.15) is 0 Å². The van der Waals surface area contributed by atoms with Crippen molar-refractivity contribution in [2.75, 3.05) is 0 Å². The van der Waals surface area contributed by atoms with Crippen molar-refractivity contribution in [2.24, 2.45) is 5.92 Å². The molecule has 1 nitrogen and oxygen atoms in total. The zero-order valence-electron chi connectivity index (χ0n) is 9.66. The van der Waals surface area contributed by atoms with E-state index in [0.717, 1.165) is 29.4 Å². The fraction of sp³-hybridized carbons (Fsp3) is 0.357. The van der Waals surface area contributed by atoms with Crippen molar-refractivity contribution in [1.82, 2.24) is 0 Å². The molecule has 1 aromatic carbocycles. The summed E-state index contributed by atoms with van der Waals surface area (Å²) in [7, 11) is 0. The zero-order chi connectivity index (χ0) is 11.3. The summed E-state index contributed by atoms with van der Waals surface area (Å²) in [5.41, 5.74) is 2.97. The summed E-state index contributed by atoms with van der Waals surface area (Å²) in [6.45, 7) is 6.37. The van der Waals surface area contributed by atoms with Crippen molar-refractivity contribution in [3.8, 4) is 0 Å². The minimum atomic E-state index is 0.559. The van der Waals surface area contributed by atoms with Crippen LogP contribution in [-0.4, -0.2) is 6.29 Å². The van der Waals surface area contributed by atoms with Crippen molar-refractivity contribution < 1.29 is 4.79 Å². The third kappa shape index (κ3) is 3.05. The van der Waals surface area contributed by atoms with Crippen LogP contribution in [0.25, 0.3) is 6.08 Å². The van der Waals surface area contributed by atoms with Crippen LogP contribution < -0.4 is 0 Å². The number of aryl methyl sites for hydroxylation is 1. The zero-order valence-corrected chi connectivity index (χ0v) is 9.66. The minimum Gasteiger partial charge on any atom is -0.298 e. The number of rotatable bonds is 4. The molecule has 1 atom stereocenters. The molecule has 0 heterocycles. The molecule has 0 bridgehead atoms. The second kappa shape index (κ2) is 5.50. The average Bonchev–Trinajstić information content (AvgIpc) is 2.26. The Balaban J connectivity index is 3.02. The first-order chi connectivity index (χ1) is 7.19. The monoisotopic (exact) mass is 202 g/mol. The second-order valence-corrected chi connectivity index (χ2v) is 3.94. The Kier molecular flexibility index (Phi) is 4.29. The molecule has 15 heavy (non-hydrogen) atoms. The Morgan fingerprint density at radius 3 is 2.73 bits per heavy atom. The predicted molar refractivity (Wildman–Crippen MR) is 65.1 cm³/mol. The Morgan fingerprint density at radius 1 is 1.40 bits per heavy atom. The average molecular weight is 202 g/mol. The van der Waals surface area contributed by atoms with E-state index in [0.29, 0.717) is 5.92 Å². The van der Waals surface area contributed by atoms with Crippen molar-refractivity contribution in [3.63, 3.8) is 0 Å². The van der Waals surface area contributed by atoms with Crippen molar-refractivity contribution in [1.29, 1.82) is 0 Å². The molecule has 0 saturated carbocycles. The van der Waals surface area contributed by atoms with E-state index in [4.69, 9.17) is 0 Å². The van der Waals surface area contributed by atoms with Gasteiger partial charge in [0, 0.05) is 5.56 Å². The van der Waals surface area contributed by atoms with Crippen LogP contribution in [0.3, 0.4) is 0 Å². The van der Waals surface area contributed by atoms with Gasteiger partial charge < -0.3 is 0 Å². The summed E-state index contributed by atoms with van der Waals surface area (Å²) in [5.74, 6) is 0.559. The smallest absolute Gasteiger partial charge is 0.150 e. The molecule has 0 aliphatic carbocycles. The fourth-order valence-electron chi connectivity index (χ4n) is 1.43. The van der Waals surface area contributed by atoms with Crippen molar-refractivity contribution in [2.45, 2.75) is 27.2 Å². The molecule has 1 rings (SSSR count). The highest BCUT2D eigenvalue weighted by atomic mass is 16.1. The summed E-state index contributed by atoms with van der Waals surface area (Å²) < 4.78 is 0. The quantitative estimate of drug-likeness (QED) is 0.677. The number of hydrogen-bond acceptors (Lipinski definition) is 1. The molecular weight excluding hydrogens is 184 g/mol. The van der Waals surface area contributed by atoms with E-state index < -0.39 is 0 Å². The molecule has 1 aromatic rings. The predicted octanol–water partition coefficient (Wildman–Crippen LogP) is 3.87. The van der Waals surface area contributed by atoms with Gasteiger partial charge in [-0.05, 0) is 24.0 Å². The molecule has 0 amide bonds. The Labute approximate surface area is 91.8 Å². The van der Waals surface area contributed by atoms with Crippen LogP contribution in [-0.2, 0) is 0 Å². The third-order valence-electron chi connectivity index (χ3n) is 2.72. The highest BCUT2D eigenvalue weighted by Gasteiger charge is 2.01. The van der Waals surface area contributed by atoms with Gasteiger partial charge in [-0.3, -0.25) is 4.79 Å². The van der Waals surface area contributed by atoms with Crippen molar-refractivity contribution in [3.05, 3.63) is 41.0 Å². The Bertz CT molecular complexity index is 364. The maximum atomic E-state index is 10.9. The van der Waals surface area contributed by atoms with Crippen LogP contribution in [0.5, 0.6) is 0 Å². The number of carbonyl (C=O) groups is 1. The van der Waals surface area contributed by atoms with Crippen LogP contribution in [0.2, 0.25) is 0 Å². The summed E-state index contributed by atoms with van der Waals surface area (Å²) in [6.07, 6.45) is 6.27. The lowest BCUT2D eigenvalue weighted by atomic mass is 10.00. The van der Waals surface area contributed by atoms with Gasteiger partial charge in [0.25, 0.3) is 0 Å². The highest BCUT2D eigenvalue weighted by Crippen LogP contribution is 2.16. The van der Waals surface area contributed by atoms with Crippen molar-refractivity contribution >= 4 is 12.4 Å². The molecule has 0 spiro atoms. The summed E-state index contributed by atoms with van der Waals surface area (Å²) >= 11 is 0. The first-order valence-corrected chi connectivity index (χ1v) is 5.42. The minimum absolute atomic E-state index is 0.559. The molecule has 80 valence electrons. The van der Waals surface area contributed by atoms with E-state index in [9.17, 15) is 4.79 Å². The van der Waals surface area contributed by atoms with Crippen LogP contribution in [0.4, 0.5) is 0 Å². The first kappa shape index (κ1) is 11.7. The van der Waals surface area contributed by atoms with Gasteiger partial charge >= 0.3 is 0 Å². The number of aldehydes is 1. The highest BCUT2D eigenvalue weighted by molar-refractivity contribution is 5.82. The standard InChI is InChI=1S/C14H18O/c1-4-11(2)8-9-14-12(3)6-5-7-13(14)10-15/h5-11H,4H2,1-3H3/b9-8-. The normalized spacial score (nSPS) is 13.0. The van der Waals surface area contributed by atoms with Gasteiger partial charge in [-0.15, -0.1) is 0 Å². The van der Waals surface area contributed by atoms with E-state index in [2.05, 4.69) is 26.0 Å². The molecule has 0 radical (unpaired) electrons. The van der Waals surface area contributed by atoms with Crippen LogP contribution in [0.1, 0.15) is 41.8 Å².